The summed E-state index contributed by atoms with van der Waals surface area (Å²) in [7, 11) is 3.92. The lowest BCUT2D eigenvalue weighted by Crippen LogP contribution is -2.13. The van der Waals surface area contributed by atoms with E-state index in [1.165, 1.54) is 0 Å². The first-order chi connectivity index (χ1) is 9.47. The Morgan fingerprint density at radius 3 is 2.35 bits per heavy atom. The maximum absolute atomic E-state index is 12.0. The van der Waals surface area contributed by atoms with Gasteiger partial charge in [0, 0.05) is 31.4 Å². The molecule has 1 amide bonds. The summed E-state index contributed by atoms with van der Waals surface area (Å²) in [6, 6.07) is 7.49. The van der Waals surface area contributed by atoms with Crippen LogP contribution in [0, 0.1) is 0 Å². The third-order valence-corrected chi connectivity index (χ3v) is 2.77. The minimum atomic E-state index is -0.401. The largest absolute Gasteiger partial charge is 0.417 e. The van der Waals surface area contributed by atoms with Crippen molar-refractivity contribution in [2.24, 2.45) is 0 Å². The van der Waals surface area contributed by atoms with Crippen molar-refractivity contribution >= 4 is 17.3 Å². The number of anilines is 2. The zero-order valence-electron chi connectivity index (χ0n) is 12.0. The third kappa shape index (κ3) is 3.14. The van der Waals surface area contributed by atoms with Crippen molar-refractivity contribution in [3.05, 3.63) is 36.0 Å². The van der Waals surface area contributed by atoms with Crippen molar-refractivity contribution in [1.29, 1.82) is 0 Å². The van der Waals surface area contributed by atoms with E-state index in [2.05, 4.69) is 15.5 Å². The molecule has 0 spiro atoms. The second-order valence-electron chi connectivity index (χ2n) is 5.00. The third-order valence-electron chi connectivity index (χ3n) is 2.77. The number of amides is 1. The molecule has 0 saturated heterocycles. The second-order valence-corrected chi connectivity index (χ2v) is 5.00. The second kappa shape index (κ2) is 5.73. The molecule has 0 bridgehead atoms. The van der Waals surface area contributed by atoms with Crippen molar-refractivity contribution in [2.75, 3.05) is 24.3 Å². The molecular weight excluding hydrogens is 256 g/mol. The van der Waals surface area contributed by atoms with Gasteiger partial charge in [0.05, 0.1) is 0 Å². The fourth-order valence-electron chi connectivity index (χ4n) is 1.59. The molecule has 0 radical (unpaired) electrons. The Balaban J connectivity index is 2.06. The summed E-state index contributed by atoms with van der Waals surface area (Å²) in [5, 5.41) is 10.3. The SMILES string of the molecule is CC(C)c1nnc(C(=O)Nc2ccc(N(C)C)cc2)o1. The quantitative estimate of drug-likeness (QED) is 0.927. The van der Waals surface area contributed by atoms with Gasteiger partial charge in [-0.2, -0.15) is 0 Å². The molecule has 1 aromatic carbocycles. The van der Waals surface area contributed by atoms with Gasteiger partial charge >= 0.3 is 11.8 Å². The number of carbonyl (C=O) groups is 1. The molecule has 6 heteroatoms. The Bertz CT molecular complexity index is 587. The monoisotopic (exact) mass is 274 g/mol. The van der Waals surface area contributed by atoms with E-state index < -0.39 is 5.91 Å². The molecule has 0 aliphatic carbocycles. The number of aromatic nitrogens is 2. The van der Waals surface area contributed by atoms with Gasteiger partial charge in [0.25, 0.3) is 0 Å². The van der Waals surface area contributed by atoms with E-state index in [0.29, 0.717) is 11.6 Å². The number of rotatable bonds is 4. The highest BCUT2D eigenvalue weighted by atomic mass is 16.4. The number of carbonyl (C=O) groups excluding carboxylic acids is 1. The van der Waals surface area contributed by atoms with E-state index in [1.807, 2.05) is 57.1 Å². The van der Waals surface area contributed by atoms with Crippen molar-refractivity contribution in [3.63, 3.8) is 0 Å². The lowest BCUT2D eigenvalue weighted by atomic mass is 10.2. The molecule has 106 valence electrons. The summed E-state index contributed by atoms with van der Waals surface area (Å²) in [6.45, 7) is 3.85. The fourth-order valence-corrected chi connectivity index (χ4v) is 1.59. The number of hydrogen-bond acceptors (Lipinski definition) is 5. The average molecular weight is 274 g/mol. The minimum absolute atomic E-state index is 0.0228. The first kappa shape index (κ1) is 14.0. The summed E-state index contributed by atoms with van der Waals surface area (Å²) in [5.74, 6) is 0.133. The van der Waals surface area contributed by atoms with Crippen LogP contribution in [0.5, 0.6) is 0 Å². The standard InChI is InChI=1S/C14H18N4O2/c1-9(2)13-16-17-14(20-13)12(19)15-10-5-7-11(8-6-10)18(3)4/h5-9H,1-4H3,(H,15,19). The molecule has 1 N–H and O–H groups in total. The number of benzene rings is 1. The maximum Gasteiger partial charge on any atom is 0.313 e. The van der Waals surface area contributed by atoms with E-state index in [1.54, 1.807) is 0 Å². The van der Waals surface area contributed by atoms with Gasteiger partial charge in [-0.15, -0.1) is 10.2 Å². The normalized spacial score (nSPS) is 10.7. The summed E-state index contributed by atoms with van der Waals surface area (Å²) in [6.07, 6.45) is 0. The first-order valence-corrected chi connectivity index (χ1v) is 6.39. The number of nitrogens with one attached hydrogen (secondary N) is 1. The highest BCUT2D eigenvalue weighted by Gasteiger charge is 2.16. The first-order valence-electron chi connectivity index (χ1n) is 6.39. The zero-order valence-corrected chi connectivity index (χ0v) is 12.0. The van der Waals surface area contributed by atoms with E-state index in [4.69, 9.17) is 4.42 Å². The van der Waals surface area contributed by atoms with Gasteiger partial charge in [0.15, 0.2) is 0 Å². The van der Waals surface area contributed by atoms with Gasteiger partial charge in [-0.25, -0.2) is 0 Å². The summed E-state index contributed by atoms with van der Waals surface area (Å²) < 4.78 is 5.30. The van der Waals surface area contributed by atoms with Crippen molar-refractivity contribution in [3.8, 4) is 0 Å². The molecule has 2 aromatic rings. The molecule has 1 aromatic heterocycles. The summed E-state index contributed by atoms with van der Waals surface area (Å²) in [4.78, 5) is 13.9. The Kier molecular flexibility index (Phi) is 4.02. The van der Waals surface area contributed by atoms with Crippen LogP contribution in [0.15, 0.2) is 28.7 Å². The molecule has 0 aliphatic rings. The van der Waals surface area contributed by atoms with Gasteiger partial charge in [-0.05, 0) is 24.3 Å². The molecule has 0 fully saturated rings. The molecule has 20 heavy (non-hydrogen) atoms. The minimum Gasteiger partial charge on any atom is -0.417 e. The topological polar surface area (TPSA) is 71.3 Å². The number of nitrogens with zero attached hydrogens (tertiary/aromatic N) is 3. The van der Waals surface area contributed by atoms with Crippen LogP contribution in [0.1, 0.15) is 36.3 Å². The van der Waals surface area contributed by atoms with Gasteiger partial charge in [0.2, 0.25) is 5.89 Å². The van der Waals surface area contributed by atoms with E-state index in [9.17, 15) is 4.79 Å². The van der Waals surface area contributed by atoms with E-state index >= 15 is 0 Å². The summed E-state index contributed by atoms with van der Waals surface area (Å²) >= 11 is 0. The van der Waals surface area contributed by atoms with Gasteiger partial charge in [-0.1, -0.05) is 13.8 Å². The van der Waals surface area contributed by atoms with Crippen molar-refractivity contribution in [2.45, 2.75) is 19.8 Å². The van der Waals surface area contributed by atoms with Crippen molar-refractivity contribution in [1.82, 2.24) is 10.2 Å². The van der Waals surface area contributed by atoms with Crippen LogP contribution < -0.4 is 10.2 Å². The Morgan fingerprint density at radius 1 is 1.20 bits per heavy atom. The Hall–Kier alpha value is -2.37. The lowest BCUT2D eigenvalue weighted by molar-refractivity contribution is 0.0988. The molecule has 1 heterocycles. The molecule has 0 atom stereocenters. The molecule has 2 rings (SSSR count). The van der Waals surface area contributed by atoms with Crippen LogP contribution in [0.4, 0.5) is 11.4 Å². The van der Waals surface area contributed by atoms with E-state index in [0.717, 1.165) is 5.69 Å². The highest BCUT2D eigenvalue weighted by molar-refractivity contribution is 6.00. The van der Waals surface area contributed by atoms with Crippen LogP contribution in [-0.4, -0.2) is 30.2 Å². The predicted octanol–water partition coefficient (Wildman–Crippen LogP) is 2.51. The van der Waals surface area contributed by atoms with Crippen LogP contribution in [0.3, 0.4) is 0 Å². The highest BCUT2D eigenvalue weighted by Crippen LogP contribution is 2.17. The van der Waals surface area contributed by atoms with Gasteiger partial charge in [-0.3, -0.25) is 4.79 Å². The van der Waals surface area contributed by atoms with Crippen LogP contribution in [-0.2, 0) is 0 Å². The fraction of sp³-hybridized carbons (Fsp3) is 0.357. The van der Waals surface area contributed by atoms with Crippen LogP contribution >= 0.6 is 0 Å². The number of hydrogen-bond donors (Lipinski definition) is 1. The molecule has 0 unspecified atom stereocenters. The van der Waals surface area contributed by atoms with Crippen LogP contribution in [0.2, 0.25) is 0 Å². The van der Waals surface area contributed by atoms with Gasteiger partial charge < -0.3 is 14.6 Å². The maximum atomic E-state index is 12.0. The Labute approximate surface area is 117 Å². The smallest absolute Gasteiger partial charge is 0.313 e. The van der Waals surface area contributed by atoms with E-state index in [-0.39, 0.29) is 11.8 Å². The average Bonchev–Trinajstić information content (AvgIpc) is 2.89. The molecule has 6 nitrogen and oxygen atoms in total. The van der Waals surface area contributed by atoms with Crippen LogP contribution in [0.25, 0.3) is 0 Å². The summed E-state index contributed by atoms with van der Waals surface area (Å²) in [5.41, 5.74) is 1.74. The predicted molar refractivity (Wildman–Crippen MR) is 77.1 cm³/mol. The Morgan fingerprint density at radius 2 is 1.85 bits per heavy atom. The molecule has 0 saturated carbocycles. The zero-order chi connectivity index (χ0) is 14.7. The molecule has 0 aliphatic heterocycles. The lowest BCUT2D eigenvalue weighted by Gasteiger charge is -2.12. The van der Waals surface area contributed by atoms with Crippen molar-refractivity contribution < 1.29 is 9.21 Å². The van der Waals surface area contributed by atoms with Gasteiger partial charge in [0.1, 0.15) is 0 Å². The molecular formula is C14H18N4O2.